The fourth-order valence-electron chi connectivity index (χ4n) is 1.83. The van der Waals surface area contributed by atoms with Gasteiger partial charge in [-0.15, -0.1) is 0 Å². The Labute approximate surface area is 116 Å². The van der Waals surface area contributed by atoms with Gasteiger partial charge in [0.1, 0.15) is 0 Å². The van der Waals surface area contributed by atoms with E-state index in [0.29, 0.717) is 6.61 Å². The molecule has 0 spiro atoms. The van der Waals surface area contributed by atoms with Crippen LogP contribution >= 0.6 is 0 Å². The number of ether oxygens (including phenoxy) is 1. The van der Waals surface area contributed by atoms with Crippen LogP contribution in [0.4, 0.5) is 0 Å². The van der Waals surface area contributed by atoms with E-state index in [2.05, 4.69) is 6.92 Å². The van der Waals surface area contributed by atoms with Gasteiger partial charge in [0.25, 0.3) is 0 Å². The Morgan fingerprint density at radius 3 is 2.47 bits per heavy atom. The predicted molar refractivity (Wildman–Crippen MR) is 79.8 cm³/mol. The summed E-state index contributed by atoms with van der Waals surface area (Å²) in [6, 6.07) is 9.76. The van der Waals surface area contributed by atoms with E-state index in [4.69, 9.17) is 4.74 Å². The molecule has 104 valence electrons. The van der Waals surface area contributed by atoms with Crippen LogP contribution in [0.1, 0.15) is 51.0 Å². The summed E-state index contributed by atoms with van der Waals surface area (Å²) in [4.78, 5) is 11.4. The first kappa shape index (κ1) is 15.5. The number of unbranched alkanes of at least 4 members (excludes halogenated alkanes) is 5. The van der Waals surface area contributed by atoms with E-state index in [0.717, 1.165) is 18.4 Å². The molecule has 1 aromatic rings. The van der Waals surface area contributed by atoms with Crippen LogP contribution in [0.2, 0.25) is 0 Å². The van der Waals surface area contributed by atoms with E-state index in [1.165, 1.54) is 31.8 Å². The number of hydrogen-bond donors (Lipinski definition) is 0. The number of carbonyl (C=O) groups excluding carboxylic acids is 1. The number of rotatable bonds is 9. The third kappa shape index (κ3) is 8.20. The monoisotopic (exact) mass is 260 g/mol. The highest BCUT2D eigenvalue weighted by atomic mass is 16.5. The van der Waals surface area contributed by atoms with Crippen LogP contribution in [0.25, 0.3) is 6.08 Å². The first-order chi connectivity index (χ1) is 9.33. The standard InChI is InChI=1S/C17H24O2/c1-2-3-4-5-6-10-15-19-17(18)14-13-16-11-8-7-9-12-16/h7-9,11-14H,2-6,10,15H2,1H3. The van der Waals surface area contributed by atoms with Crippen LogP contribution in [-0.2, 0) is 9.53 Å². The maximum atomic E-state index is 11.4. The summed E-state index contributed by atoms with van der Waals surface area (Å²) in [5.41, 5.74) is 1.01. The van der Waals surface area contributed by atoms with Crippen molar-refractivity contribution in [3.05, 3.63) is 42.0 Å². The number of carbonyl (C=O) groups is 1. The average Bonchev–Trinajstić information content (AvgIpc) is 2.45. The lowest BCUT2D eigenvalue weighted by Gasteiger charge is -2.02. The molecule has 2 heteroatoms. The molecule has 0 aromatic heterocycles. The van der Waals surface area contributed by atoms with Crippen LogP contribution < -0.4 is 0 Å². The Morgan fingerprint density at radius 2 is 1.74 bits per heavy atom. The van der Waals surface area contributed by atoms with Crippen LogP contribution in [0.3, 0.4) is 0 Å². The summed E-state index contributed by atoms with van der Waals surface area (Å²) < 4.78 is 5.14. The van der Waals surface area contributed by atoms with E-state index < -0.39 is 0 Å². The minimum Gasteiger partial charge on any atom is -0.463 e. The lowest BCUT2D eigenvalue weighted by atomic mass is 10.1. The Kier molecular flexibility index (Phi) is 8.45. The van der Waals surface area contributed by atoms with Gasteiger partial charge < -0.3 is 4.74 Å². The minimum absolute atomic E-state index is 0.252. The summed E-state index contributed by atoms with van der Waals surface area (Å²) in [7, 11) is 0. The molecular weight excluding hydrogens is 236 g/mol. The van der Waals surface area contributed by atoms with Crippen molar-refractivity contribution in [2.45, 2.75) is 45.4 Å². The van der Waals surface area contributed by atoms with E-state index in [1.807, 2.05) is 30.3 Å². The Bertz CT molecular complexity index is 368. The van der Waals surface area contributed by atoms with Crippen LogP contribution in [0, 0.1) is 0 Å². The molecule has 0 aliphatic carbocycles. The molecule has 0 bridgehead atoms. The number of benzene rings is 1. The number of esters is 1. The van der Waals surface area contributed by atoms with Gasteiger partial charge in [-0.05, 0) is 18.1 Å². The molecule has 0 aliphatic rings. The van der Waals surface area contributed by atoms with Gasteiger partial charge in [0, 0.05) is 6.08 Å². The van der Waals surface area contributed by atoms with Gasteiger partial charge in [-0.2, -0.15) is 0 Å². The molecule has 0 amide bonds. The second-order valence-corrected chi connectivity index (χ2v) is 4.68. The van der Waals surface area contributed by atoms with Crippen molar-refractivity contribution in [1.29, 1.82) is 0 Å². The largest absolute Gasteiger partial charge is 0.463 e. The zero-order valence-corrected chi connectivity index (χ0v) is 11.8. The first-order valence-electron chi connectivity index (χ1n) is 7.23. The molecule has 0 saturated carbocycles. The van der Waals surface area contributed by atoms with Gasteiger partial charge in [0.2, 0.25) is 0 Å². The fraction of sp³-hybridized carbons (Fsp3) is 0.471. The summed E-state index contributed by atoms with van der Waals surface area (Å²) in [6.07, 6.45) is 10.5. The van der Waals surface area contributed by atoms with E-state index >= 15 is 0 Å². The van der Waals surface area contributed by atoms with Crippen LogP contribution in [-0.4, -0.2) is 12.6 Å². The number of hydrogen-bond acceptors (Lipinski definition) is 2. The van der Waals surface area contributed by atoms with Gasteiger partial charge in [0.05, 0.1) is 6.61 Å². The minimum atomic E-state index is -0.252. The summed E-state index contributed by atoms with van der Waals surface area (Å²) in [5, 5.41) is 0. The van der Waals surface area contributed by atoms with E-state index in [1.54, 1.807) is 6.08 Å². The maximum absolute atomic E-state index is 11.4. The highest BCUT2D eigenvalue weighted by Crippen LogP contribution is 2.05. The quantitative estimate of drug-likeness (QED) is 0.368. The molecule has 1 rings (SSSR count). The maximum Gasteiger partial charge on any atom is 0.330 e. The molecular formula is C17H24O2. The Hall–Kier alpha value is -1.57. The molecule has 19 heavy (non-hydrogen) atoms. The molecule has 0 aliphatic heterocycles. The van der Waals surface area contributed by atoms with Crippen molar-refractivity contribution < 1.29 is 9.53 Å². The molecule has 0 atom stereocenters. The van der Waals surface area contributed by atoms with Crippen molar-refractivity contribution in [1.82, 2.24) is 0 Å². The van der Waals surface area contributed by atoms with E-state index in [-0.39, 0.29) is 5.97 Å². The molecule has 1 aromatic carbocycles. The molecule has 0 unspecified atom stereocenters. The van der Waals surface area contributed by atoms with Crippen molar-refractivity contribution >= 4 is 12.0 Å². The summed E-state index contributed by atoms with van der Waals surface area (Å²) in [6.45, 7) is 2.74. The topological polar surface area (TPSA) is 26.3 Å². The van der Waals surface area contributed by atoms with Gasteiger partial charge in [0.15, 0.2) is 0 Å². The molecule has 0 heterocycles. The first-order valence-corrected chi connectivity index (χ1v) is 7.23. The molecule has 0 radical (unpaired) electrons. The van der Waals surface area contributed by atoms with Crippen LogP contribution in [0.5, 0.6) is 0 Å². The average molecular weight is 260 g/mol. The van der Waals surface area contributed by atoms with E-state index in [9.17, 15) is 4.79 Å². The SMILES string of the molecule is CCCCCCCCOC(=O)C=Cc1ccccc1. The van der Waals surface area contributed by atoms with Gasteiger partial charge >= 0.3 is 5.97 Å². The summed E-state index contributed by atoms with van der Waals surface area (Å²) in [5.74, 6) is -0.252. The summed E-state index contributed by atoms with van der Waals surface area (Å²) >= 11 is 0. The molecule has 0 N–H and O–H groups in total. The smallest absolute Gasteiger partial charge is 0.330 e. The predicted octanol–water partition coefficient (Wildman–Crippen LogP) is 4.60. The Morgan fingerprint density at radius 1 is 1.05 bits per heavy atom. The van der Waals surface area contributed by atoms with Crippen molar-refractivity contribution in [2.75, 3.05) is 6.61 Å². The van der Waals surface area contributed by atoms with Crippen molar-refractivity contribution in [3.8, 4) is 0 Å². The third-order valence-electron chi connectivity index (χ3n) is 2.95. The van der Waals surface area contributed by atoms with Gasteiger partial charge in [-0.1, -0.05) is 69.4 Å². The second-order valence-electron chi connectivity index (χ2n) is 4.68. The highest BCUT2D eigenvalue weighted by molar-refractivity contribution is 5.86. The normalized spacial score (nSPS) is 10.8. The zero-order valence-electron chi connectivity index (χ0n) is 11.8. The lowest BCUT2D eigenvalue weighted by molar-refractivity contribution is -0.137. The molecule has 0 fully saturated rings. The molecule has 2 nitrogen and oxygen atoms in total. The van der Waals surface area contributed by atoms with Gasteiger partial charge in [-0.25, -0.2) is 4.79 Å². The van der Waals surface area contributed by atoms with Crippen LogP contribution in [0.15, 0.2) is 36.4 Å². The lowest BCUT2D eigenvalue weighted by Crippen LogP contribution is -2.02. The van der Waals surface area contributed by atoms with Gasteiger partial charge in [-0.3, -0.25) is 0 Å². The third-order valence-corrected chi connectivity index (χ3v) is 2.95. The Balaban J connectivity index is 2.07. The van der Waals surface area contributed by atoms with Crippen molar-refractivity contribution in [2.24, 2.45) is 0 Å². The van der Waals surface area contributed by atoms with Crippen molar-refractivity contribution in [3.63, 3.8) is 0 Å². The second kappa shape index (κ2) is 10.4. The molecule has 0 saturated heterocycles. The fourth-order valence-corrected chi connectivity index (χ4v) is 1.83. The zero-order chi connectivity index (χ0) is 13.8. The highest BCUT2D eigenvalue weighted by Gasteiger charge is 1.97.